The zero-order chi connectivity index (χ0) is 15.2. The number of hydrogen-bond acceptors (Lipinski definition) is 4. The SMILES string of the molecule is COC(=O)c1ccccc1NNC(=O)c1ccc(F)cc1. The zero-order valence-electron chi connectivity index (χ0n) is 11.2. The fraction of sp³-hybridized carbons (Fsp3) is 0.0667. The van der Waals surface area contributed by atoms with Gasteiger partial charge in [0.05, 0.1) is 18.4 Å². The minimum atomic E-state index is -0.519. The molecule has 2 aromatic rings. The van der Waals surface area contributed by atoms with Gasteiger partial charge in [0.1, 0.15) is 5.82 Å². The van der Waals surface area contributed by atoms with Gasteiger partial charge in [-0.25, -0.2) is 9.18 Å². The van der Waals surface area contributed by atoms with Gasteiger partial charge in [-0.1, -0.05) is 12.1 Å². The number of esters is 1. The van der Waals surface area contributed by atoms with E-state index in [-0.39, 0.29) is 0 Å². The van der Waals surface area contributed by atoms with Crippen LogP contribution < -0.4 is 10.9 Å². The van der Waals surface area contributed by atoms with E-state index in [0.717, 1.165) is 0 Å². The number of anilines is 1. The number of hydrazine groups is 1. The second kappa shape index (κ2) is 6.51. The molecule has 0 aromatic heterocycles. The number of benzene rings is 2. The first-order valence-corrected chi connectivity index (χ1v) is 6.11. The van der Waals surface area contributed by atoms with E-state index in [0.29, 0.717) is 16.8 Å². The summed E-state index contributed by atoms with van der Waals surface area (Å²) in [4.78, 5) is 23.4. The first-order valence-electron chi connectivity index (χ1n) is 6.11. The number of hydrogen-bond donors (Lipinski definition) is 2. The largest absolute Gasteiger partial charge is 0.465 e. The molecule has 0 radical (unpaired) electrons. The van der Waals surface area contributed by atoms with E-state index in [1.165, 1.54) is 31.4 Å². The van der Waals surface area contributed by atoms with Gasteiger partial charge in [-0.2, -0.15) is 0 Å². The standard InChI is InChI=1S/C15H13FN2O3/c1-21-15(20)12-4-2-3-5-13(12)17-18-14(19)10-6-8-11(16)9-7-10/h2-9,17H,1H3,(H,18,19). The lowest BCUT2D eigenvalue weighted by molar-refractivity contribution is 0.0601. The number of carbonyl (C=O) groups is 2. The molecule has 0 aliphatic rings. The number of rotatable bonds is 4. The highest BCUT2D eigenvalue weighted by atomic mass is 19.1. The highest BCUT2D eigenvalue weighted by Crippen LogP contribution is 2.15. The molecule has 0 heterocycles. The molecule has 0 saturated heterocycles. The summed E-state index contributed by atoms with van der Waals surface area (Å²) in [6, 6.07) is 11.7. The molecule has 0 bridgehead atoms. The lowest BCUT2D eigenvalue weighted by atomic mass is 10.2. The van der Waals surface area contributed by atoms with E-state index in [1.807, 2.05) is 0 Å². The smallest absolute Gasteiger partial charge is 0.340 e. The molecule has 0 atom stereocenters. The molecule has 0 spiro atoms. The fourth-order valence-electron chi connectivity index (χ4n) is 1.68. The zero-order valence-corrected chi connectivity index (χ0v) is 11.2. The second-order valence-electron chi connectivity index (χ2n) is 4.12. The van der Waals surface area contributed by atoms with E-state index >= 15 is 0 Å². The van der Waals surface area contributed by atoms with Crippen LogP contribution in [0.15, 0.2) is 48.5 Å². The summed E-state index contributed by atoms with van der Waals surface area (Å²) in [5.74, 6) is -1.39. The molecule has 21 heavy (non-hydrogen) atoms. The monoisotopic (exact) mass is 288 g/mol. The van der Waals surface area contributed by atoms with Crippen molar-refractivity contribution in [2.24, 2.45) is 0 Å². The molecule has 2 rings (SSSR count). The maximum Gasteiger partial charge on any atom is 0.340 e. The van der Waals surface area contributed by atoms with Crippen LogP contribution in [-0.4, -0.2) is 19.0 Å². The molecule has 2 N–H and O–H groups in total. The van der Waals surface area contributed by atoms with Crippen LogP contribution >= 0.6 is 0 Å². The molecule has 5 nitrogen and oxygen atoms in total. The molecule has 0 aliphatic carbocycles. The van der Waals surface area contributed by atoms with Crippen LogP contribution in [0.1, 0.15) is 20.7 Å². The van der Waals surface area contributed by atoms with Crippen molar-refractivity contribution in [1.82, 2.24) is 5.43 Å². The highest BCUT2D eigenvalue weighted by Gasteiger charge is 2.12. The average Bonchev–Trinajstić information content (AvgIpc) is 2.52. The predicted octanol–water partition coefficient (Wildman–Crippen LogP) is 2.37. The first-order chi connectivity index (χ1) is 10.1. The van der Waals surface area contributed by atoms with Crippen LogP contribution in [0, 0.1) is 5.82 Å². The third-order valence-corrected chi connectivity index (χ3v) is 2.75. The Hall–Kier alpha value is -2.89. The molecular weight excluding hydrogens is 275 g/mol. The van der Waals surface area contributed by atoms with E-state index in [1.54, 1.807) is 24.3 Å². The highest BCUT2D eigenvalue weighted by molar-refractivity contribution is 5.98. The van der Waals surface area contributed by atoms with Crippen LogP contribution in [0.2, 0.25) is 0 Å². The van der Waals surface area contributed by atoms with Crippen molar-refractivity contribution >= 4 is 17.6 Å². The Bertz CT molecular complexity index is 656. The van der Waals surface area contributed by atoms with Gasteiger partial charge in [-0.15, -0.1) is 0 Å². The maximum absolute atomic E-state index is 12.8. The van der Waals surface area contributed by atoms with Crippen molar-refractivity contribution in [3.05, 3.63) is 65.5 Å². The third-order valence-electron chi connectivity index (χ3n) is 2.75. The lowest BCUT2D eigenvalue weighted by Gasteiger charge is -2.11. The predicted molar refractivity (Wildman–Crippen MR) is 75.3 cm³/mol. The minimum Gasteiger partial charge on any atom is -0.465 e. The molecule has 1 amide bonds. The van der Waals surface area contributed by atoms with Crippen LogP contribution in [0.3, 0.4) is 0 Å². The van der Waals surface area contributed by atoms with Gasteiger partial charge in [0.15, 0.2) is 0 Å². The van der Waals surface area contributed by atoms with Crippen molar-refractivity contribution in [1.29, 1.82) is 0 Å². The number of para-hydroxylation sites is 1. The van der Waals surface area contributed by atoms with E-state index < -0.39 is 17.7 Å². The third kappa shape index (κ3) is 3.56. The maximum atomic E-state index is 12.8. The van der Waals surface area contributed by atoms with Crippen molar-refractivity contribution < 1.29 is 18.7 Å². The van der Waals surface area contributed by atoms with Gasteiger partial charge < -0.3 is 4.74 Å². The van der Waals surface area contributed by atoms with Crippen LogP contribution in [0.25, 0.3) is 0 Å². The summed E-state index contributed by atoms with van der Waals surface area (Å²) < 4.78 is 17.4. The van der Waals surface area contributed by atoms with Crippen LogP contribution in [-0.2, 0) is 4.74 Å². The second-order valence-corrected chi connectivity index (χ2v) is 4.12. The number of halogens is 1. The van der Waals surface area contributed by atoms with Crippen molar-refractivity contribution in [2.45, 2.75) is 0 Å². The van der Waals surface area contributed by atoms with Crippen molar-refractivity contribution in [2.75, 3.05) is 12.5 Å². The minimum absolute atomic E-state index is 0.291. The van der Waals surface area contributed by atoms with E-state index in [9.17, 15) is 14.0 Å². The van der Waals surface area contributed by atoms with Gasteiger partial charge in [-0.05, 0) is 36.4 Å². The first kappa shape index (κ1) is 14.5. The number of nitrogens with one attached hydrogen (secondary N) is 2. The Morgan fingerprint density at radius 3 is 2.38 bits per heavy atom. The van der Waals surface area contributed by atoms with Crippen LogP contribution in [0.4, 0.5) is 10.1 Å². The molecule has 6 heteroatoms. The quantitative estimate of drug-likeness (QED) is 0.669. The molecular formula is C15H13FN2O3. The Morgan fingerprint density at radius 2 is 1.71 bits per heavy atom. The van der Waals surface area contributed by atoms with Gasteiger partial charge in [0.25, 0.3) is 5.91 Å². The van der Waals surface area contributed by atoms with Crippen LogP contribution in [0.5, 0.6) is 0 Å². The lowest BCUT2D eigenvalue weighted by Crippen LogP contribution is -2.30. The number of ether oxygens (including phenoxy) is 1. The van der Waals surface area contributed by atoms with Crippen molar-refractivity contribution in [3.63, 3.8) is 0 Å². The molecule has 2 aromatic carbocycles. The van der Waals surface area contributed by atoms with Gasteiger partial charge in [0, 0.05) is 5.56 Å². The molecule has 0 unspecified atom stereocenters. The van der Waals surface area contributed by atoms with Gasteiger partial charge >= 0.3 is 5.97 Å². The summed E-state index contributed by atoms with van der Waals surface area (Å²) in [5.41, 5.74) is 6.07. The van der Waals surface area contributed by atoms with Gasteiger partial charge in [0.2, 0.25) is 0 Å². The average molecular weight is 288 g/mol. The molecule has 0 fully saturated rings. The summed E-state index contributed by atoms with van der Waals surface area (Å²) in [6.45, 7) is 0. The topological polar surface area (TPSA) is 67.4 Å². The normalized spacial score (nSPS) is 9.81. The van der Waals surface area contributed by atoms with E-state index in [2.05, 4.69) is 15.6 Å². The molecule has 0 saturated carbocycles. The van der Waals surface area contributed by atoms with Gasteiger partial charge in [-0.3, -0.25) is 15.6 Å². The Balaban J connectivity index is 2.08. The summed E-state index contributed by atoms with van der Waals surface area (Å²) in [6.07, 6.45) is 0. The fourth-order valence-corrected chi connectivity index (χ4v) is 1.68. The molecule has 0 aliphatic heterocycles. The number of amides is 1. The molecule has 108 valence electrons. The summed E-state index contributed by atoms with van der Waals surface area (Å²) in [7, 11) is 1.27. The summed E-state index contributed by atoms with van der Waals surface area (Å²) >= 11 is 0. The van der Waals surface area contributed by atoms with Crippen molar-refractivity contribution in [3.8, 4) is 0 Å². The van der Waals surface area contributed by atoms with E-state index in [4.69, 9.17) is 0 Å². The summed E-state index contributed by atoms with van der Waals surface area (Å²) in [5, 5.41) is 0. The number of carbonyl (C=O) groups excluding carboxylic acids is 2. The Labute approximate surface area is 120 Å². The Kier molecular flexibility index (Phi) is 4.50. The Morgan fingerprint density at radius 1 is 1.05 bits per heavy atom. The number of methoxy groups -OCH3 is 1.